The maximum absolute atomic E-state index is 13.7. The highest BCUT2D eigenvalue weighted by Crippen LogP contribution is 2.64. The van der Waals surface area contributed by atoms with E-state index in [-0.39, 0.29) is 59.1 Å². The van der Waals surface area contributed by atoms with Crippen molar-refractivity contribution in [2.45, 2.75) is 78.9 Å². The van der Waals surface area contributed by atoms with Crippen LogP contribution >= 0.6 is 0 Å². The number of carbonyl (C=O) groups is 5. The van der Waals surface area contributed by atoms with Gasteiger partial charge in [-0.3, -0.25) is 24.0 Å². The minimum Gasteiger partial charge on any atom is -0.368 e. The summed E-state index contributed by atoms with van der Waals surface area (Å²) in [6.45, 7) is 12.6. The Balaban J connectivity index is 1.79. The molecule has 2 saturated heterocycles. The van der Waals surface area contributed by atoms with Gasteiger partial charge in [-0.25, -0.2) is 0 Å². The standard InChI is InChI=1S/C25H41N5O5/c1-12(2)9-17(29-21(32)13(3)4)24(35)30-11-15-18(25(15,5)6)19(30)23(34)28-16(20(26)31)10-14-7-8-27-22(14)33/h12-19H,7-11H2,1-6H3,(H2,26,31)(H,27,33)(H,28,34)(H,29,32)/t14-,15-,16-,17-,18-,19-/m0/s1. The third-order valence-electron chi connectivity index (χ3n) is 7.95. The number of fused-ring (bicyclic) bond motifs is 1. The summed E-state index contributed by atoms with van der Waals surface area (Å²) in [5.74, 6) is -2.16. The molecule has 0 aromatic carbocycles. The van der Waals surface area contributed by atoms with E-state index >= 15 is 0 Å². The van der Waals surface area contributed by atoms with E-state index in [9.17, 15) is 24.0 Å². The van der Waals surface area contributed by atoms with Crippen molar-refractivity contribution >= 4 is 29.5 Å². The predicted octanol–water partition coefficient (Wildman–Crippen LogP) is 0.153. The topological polar surface area (TPSA) is 151 Å². The molecule has 196 valence electrons. The van der Waals surface area contributed by atoms with Crippen LogP contribution in [0.2, 0.25) is 0 Å². The fourth-order valence-corrected chi connectivity index (χ4v) is 5.70. The lowest BCUT2D eigenvalue weighted by Crippen LogP contribution is -2.58. The summed E-state index contributed by atoms with van der Waals surface area (Å²) in [7, 11) is 0. The fourth-order valence-electron chi connectivity index (χ4n) is 5.70. The number of hydrogen-bond donors (Lipinski definition) is 4. The molecule has 0 aromatic heterocycles. The number of hydrogen-bond acceptors (Lipinski definition) is 5. The molecule has 0 aromatic rings. The molecule has 1 aliphatic carbocycles. The van der Waals surface area contributed by atoms with Crippen LogP contribution in [0.4, 0.5) is 0 Å². The van der Waals surface area contributed by atoms with Crippen LogP contribution in [0.15, 0.2) is 0 Å². The van der Waals surface area contributed by atoms with Crippen LogP contribution in [-0.4, -0.2) is 65.7 Å². The van der Waals surface area contributed by atoms with Crippen molar-refractivity contribution in [2.75, 3.05) is 13.1 Å². The summed E-state index contributed by atoms with van der Waals surface area (Å²) in [6.07, 6.45) is 1.17. The van der Waals surface area contributed by atoms with E-state index in [2.05, 4.69) is 29.8 Å². The summed E-state index contributed by atoms with van der Waals surface area (Å²) < 4.78 is 0. The molecule has 3 rings (SSSR count). The number of likely N-dealkylation sites (tertiary alicyclic amines) is 1. The second kappa shape index (κ2) is 10.1. The Morgan fingerprint density at radius 3 is 2.29 bits per heavy atom. The molecule has 10 heteroatoms. The van der Waals surface area contributed by atoms with Gasteiger partial charge in [0.15, 0.2) is 0 Å². The lowest BCUT2D eigenvalue weighted by molar-refractivity contribution is -0.144. The predicted molar refractivity (Wildman–Crippen MR) is 129 cm³/mol. The molecule has 1 saturated carbocycles. The molecule has 0 unspecified atom stereocenters. The van der Waals surface area contributed by atoms with Crippen LogP contribution < -0.4 is 21.7 Å². The first-order valence-electron chi connectivity index (χ1n) is 12.7. The van der Waals surface area contributed by atoms with Crippen molar-refractivity contribution in [3.8, 4) is 0 Å². The first kappa shape index (κ1) is 26.9. The number of nitrogens with one attached hydrogen (secondary N) is 3. The molecule has 0 spiro atoms. The van der Waals surface area contributed by atoms with Gasteiger partial charge < -0.3 is 26.6 Å². The highest BCUT2D eigenvalue weighted by atomic mass is 16.2. The van der Waals surface area contributed by atoms with Gasteiger partial charge >= 0.3 is 0 Å². The van der Waals surface area contributed by atoms with Crippen LogP contribution in [0.1, 0.15) is 60.8 Å². The number of primary amides is 1. The Labute approximate surface area is 207 Å². The minimum absolute atomic E-state index is 0.0461. The molecule has 5 N–H and O–H groups in total. The van der Waals surface area contributed by atoms with Crippen LogP contribution in [-0.2, 0) is 24.0 Å². The normalized spacial score (nSPS) is 28.3. The maximum atomic E-state index is 13.7. The highest BCUT2D eigenvalue weighted by Gasteiger charge is 2.69. The van der Waals surface area contributed by atoms with Crippen molar-refractivity contribution in [3.63, 3.8) is 0 Å². The van der Waals surface area contributed by atoms with E-state index < -0.39 is 29.9 Å². The average Bonchev–Trinajstić information content (AvgIpc) is 3.11. The van der Waals surface area contributed by atoms with Gasteiger partial charge in [0.2, 0.25) is 29.5 Å². The second-order valence-electron chi connectivity index (χ2n) is 11.7. The first-order chi connectivity index (χ1) is 16.2. The minimum atomic E-state index is -0.999. The summed E-state index contributed by atoms with van der Waals surface area (Å²) in [5, 5.41) is 8.34. The Bertz CT molecular complexity index is 885. The lowest BCUT2D eigenvalue weighted by atomic mass is 9.95. The molecule has 5 amide bonds. The van der Waals surface area contributed by atoms with E-state index in [0.29, 0.717) is 25.9 Å². The number of nitrogens with zero attached hydrogens (tertiary/aromatic N) is 1. The van der Waals surface area contributed by atoms with Gasteiger partial charge in [-0.1, -0.05) is 41.5 Å². The molecular formula is C25H41N5O5. The van der Waals surface area contributed by atoms with Crippen molar-refractivity contribution in [2.24, 2.45) is 40.7 Å². The lowest BCUT2D eigenvalue weighted by Gasteiger charge is -2.34. The van der Waals surface area contributed by atoms with Crippen molar-refractivity contribution < 1.29 is 24.0 Å². The molecule has 3 fully saturated rings. The zero-order valence-electron chi connectivity index (χ0n) is 21.7. The van der Waals surface area contributed by atoms with Gasteiger partial charge in [0.25, 0.3) is 0 Å². The van der Waals surface area contributed by atoms with E-state index in [4.69, 9.17) is 5.73 Å². The third kappa shape index (κ3) is 5.62. The highest BCUT2D eigenvalue weighted by molar-refractivity contribution is 5.95. The SMILES string of the molecule is CC(C)C[C@H](NC(=O)C(C)C)C(=O)N1C[C@H]2[C@@H]([C@H]1C(=O)N[C@@H](C[C@@H]1CCNC1=O)C(N)=O)C2(C)C. The van der Waals surface area contributed by atoms with E-state index in [0.717, 1.165) is 0 Å². The Morgan fingerprint density at radius 2 is 1.77 bits per heavy atom. The molecule has 6 atom stereocenters. The van der Waals surface area contributed by atoms with Crippen molar-refractivity contribution in [1.29, 1.82) is 0 Å². The van der Waals surface area contributed by atoms with Gasteiger partial charge in [-0.15, -0.1) is 0 Å². The molecule has 0 bridgehead atoms. The molecule has 2 aliphatic heterocycles. The number of nitrogens with two attached hydrogens (primary N) is 1. The third-order valence-corrected chi connectivity index (χ3v) is 7.95. The zero-order valence-corrected chi connectivity index (χ0v) is 21.7. The van der Waals surface area contributed by atoms with Gasteiger partial charge in [-0.05, 0) is 42.4 Å². The Morgan fingerprint density at radius 1 is 1.11 bits per heavy atom. The van der Waals surface area contributed by atoms with Crippen LogP contribution in [0.25, 0.3) is 0 Å². The number of piperidine rings is 1. The van der Waals surface area contributed by atoms with Gasteiger partial charge in [0, 0.05) is 24.9 Å². The van der Waals surface area contributed by atoms with Gasteiger partial charge in [0.05, 0.1) is 0 Å². The molecule has 10 nitrogen and oxygen atoms in total. The fraction of sp³-hybridized carbons (Fsp3) is 0.800. The monoisotopic (exact) mass is 491 g/mol. The molecule has 2 heterocycles. The number of amides is 5. The number of rotatable bonds is 10. The van der Waals surface area contributed by atoms with Crippen LogP contribution in [0, 0.1) is 35.0 Å². The smallest absolute Gasteiger partial charge is 0.245 e. The first-order valence-corrected chi connectivity index (χ1v) is 12.7. The van der Waals surface area contributed by atoms with E-state index in [1.807, 2.05) is 13.8 Å². The summed E-state index contributed by atoms with van der Waals surface area (Å²) >= 11 is 0. The number of carbonyl (C=O) groups excluding carboxylic acids is 5. The Hall–Kier alpha value is -2.65. The van der Waals surface area contributed by atoms with Crippen LogP contribution in [0.5, 0.6) is 0 Å². The van der Waals surface area contributed by atoms with Crippen LogP contribution in [0.3, 0.4) is 0 Å². The van der Waals surface area contributed by atoms with Gasteiger partial charge in [-0.2, -0.15) is 0 Å². The van der Waals surface area contributed by atoms with E-state index in [1.165, 1.54) is 0 Å². The molecule has 35 heavy (non-hydrogen) atoms. The maximum Gasteiger partial charge on any atom is 0.245 e. The zero-order chi connectivity index (χ0) is 26.2. The second-order valence-corrected chi connectivity index (χ2v) is 11.7. The summed E-state index contributed by atoms with van der Waals surface area (Å²) in [5.41, 5.74) is 5.46. The largest absolute Gasteiger partial charge is 0.368 e. The molecule has 3 aliphatic rings. The molecular weight excluding hydrogens is 450 g/mol. The van der Waals surface area contributed by atoms with Gasteiger partial charge in [0.1, 0.15) is 18.1 Å². The average molecular weight is 492 g/mol. The van der Waals surface area contributed by atoms with Crippen molar-refractivity contribution in [1.82, 2.24) is 20.9 Å². The van der Waals surface area contributed by atoms with Crippen molar-refractivity contribution in [3.05, 3.63) is 0 Å². The van der Waals surface area contributed by atoms with E-state index in [1.54, 1.807) is 18.7 Å². The summed E-state index contributed by atoms with van der Waals surface area (Å²) in [6, 6.07) is -2.48. The Kier molecular flexibility index (Phi) is 7.81. The molecule has 0 radical (unpaired) electrons. The quantitative estimate of drug-likeness (QED) is 0.343. The summed E-state index contributed by atoms with van der Waals surface area (Å²) in [4.78, 5) is 65.3.